The molecule has 1 aliphatic carbocycles. The molecule has 23 heavy (non-hydrogen) atoms. The van der Waals surface area contributed by atoms with Crippen LogP contribution in [0.4, 0.5) is 0 Å². The SMILES string of the molecule is CCCC1(CCC)OC(=O)C(C(c2ccccc2)C2CC2)C1=O. The number of hydrogen-bond donors (Lipinski definition) is 0. The summed E-state index contributed by atoms with van der Waals surface area (Å²) in [7, 11) is 0. The van der Waals surface area contributed by atoms with Crippen LogP contribution in [0.15, 0.2) is 30.3 Å². The molecule has 1 saturated heterocycles. The van der Waals surface area contributed by atoms with Crippen LogP contribution in [-0.2, 0) is 14.3 Å². The molecule has 0 radical (unpaired) electrons. The highest BCUT2D eigenvalue weighted by molar-refractivity contribution is 6.10. The van der Waals surface area contributed by atoms with Crippen LogP contribution < -0.4 is 0 Å². The summed E-state index contributed by atoms with van der Waals surface area (Å²) in [6.45, 7) is 4.09. The second kappa shape index (κ2) is 6.46. The molecule has 2 atom stereocenters. The van der Waals surface area contributed by atoms with Crippen molar-refractivity contribution in [2.24, 2.45) is 11.8 Å². The molecular weight excluding hydrogens is 288 g/mol. The third-order valence-electron chi connectivity index (χ3n) is 5.26. The van der Waals surface area contributed by atoms with Gasteiger partial charge in [0.05, 0.1) is 0 Å². The molecule has 0 N–H and O–H groups in total. The monoisotopic (exact) mass is 314 g/mol. The van der Waals surface area contributed by atoms with Crippen LogP contribution in [0.25, 0.3) is 0 Å². The number of carbonyl (C=O) groups is 2. The quantitative estimate of drug-likeness (QED) is 0.558. The van der Waals surface area contributed by atoms with E-state index in [-0.39, 0.29) is 17.7 Å². The summed E-state index contributed by atoms with van der Waals surface area (Å²) in [4.78, 5) is 25.9. The van der Waals surface area contributed by atoms with Crippen LogP contribution in [0, 0.1) is 11.8 Å². The number of cyclic esters (lactones) is 1. The van der Waals surface area contributed by atoms with Crippen molar-refractivity contribution < 1.29 is 14.3 Å². The minimum atomic E-state index is -0.868. The summed E-state index contributed by atoms with van der Waals surface area (Å²) in [5.41, 5.74) is 0.238. The van der Waals surface area contributed by atoms with Crippen molar-refractivity contribution in [2.45, 2.75) is 63.9 Å². The predicted molar refractivity (Wildman–Crippen MR) is 89.0 cm³/mol. The van der Waals surface area contributed by atoms with Gasteiger partial charge in [-0.1, -0.05) is 57.0 Å². The molecule has 0 bridgehead atoms. The average molecular weight is 314 g/mol. The maximum Gasteiger partial charge on any atom is 0.318 e. The van der Waals surface area contributed by atoms with Crippen LogP contribution in [-0.4, -0.2) is 17.4 Å². The molecule has 3 nitrogen and oxygen atoms in total. The number of rotatable bonds is 7. The lowest BCUT2D eigenvalue weighted by Crippen LogP contribution is -2.38. The molecule has 1 heterocycles. The molecule has 0 spiro atoms. The molecule has 3 rings (SSSR count). The zero-order chi connectivity index (χ0) is 16.4. The highest BCUT2D eigenvalue weighted by Crippen LogP contribution is 2.51. The lowest BCUT2D eigenvalue weighted by atomic mass is 9.75. The summed E-state index contributed by atoms with van der Waals surface area (Å²) >= 11 is 0. The molecule has 3 heteroatoms. The first-order chi connectivity index (χ1) is 11.1. The van der Waals surface area contributed by atoms with Gasteiger partial charge in [0.1, 0.15) is 5.92 Å². The van der Waals surface area contributed by atoms with Crippen molar-refractivity contribution in [1.29, 1.82) is 0 Å². The predicted octanol–water partition coefficient (Wildman–Crippen LogP) is 4.26. The lowest BCUT2D eigenvalue weighted by Gasteiger charge is -2.26. The number of hydrogen-bond acceptors (Lipinski definition) is 3. The van der Waals surface area contributed by atoms with Gasteiger partial charge in [0.2, 0.25) is 0 Å². The Morgan fingerprint density at radius 2 is 1.70 bits per heavy atom. The number of esters is 1. The second-order valence-electron chi connectivity index (χ2n) is 7.03. The minimum Gasteiger partial charge on any atom is -0.450 e. The van der Waals surface area contributed by atoms with Crippen molar-refractivity contribution in [2.75, 3.05) is 0 Å². The van der Waals surface area contributed by atoms with Crippen LogP contribution in [0.1, 0.15) is 63.9 Å². The van der Waals surface area contributed by atoms with E-state index in [0.29, 0.717) is 18.8 Å². The van der Waals surface area contributed by atoms with Crippen molar-refractivity contribution in [3.63, 3.8) is 0 Å². The maximum absolute atomic E-state index is 13.2. The molecule has 124 valence electrons. The fourth-order valence-electron chi connectivity index (χ4n) is 4.15. The Labute approximate surface area is 138 Å². The molecule has 1 saturated carbocycles. The average Bonchev–Trinajstić information content (AvgIpc) is 3.34. The van der Waals surface area contributed by atoms with Gasteiger partial charge in [-0.15, -0.1) is 0 Å². The van der Waals surface area contributed by atoms with E-state index in [1.165, 1.54) is 0 Å². The van der Waals surface area contributed by atoms with E-state index in [1.54, 1.807) is 0 Å². The molecule has 0 amide bonds. The summed E-state index contributed by atoms with van der Waals surface area (Å²) in [5, 5.41) is 0. The first-order valence-electron chi connectivity index (χ1n) is 8.95. The zero-order valence-corrected chi connectivity index (χ0v) is 14.1. The first kappa shape index (κ1) is 16.2. The van der Waals surface area contributed by atoms with Gasteiger partial charge >= 0.3 is 5.97 Å². The van der Waals surface area contributed by atoms with Gasteiger partial charge in [-0.05, 0) is 37.2 Å². The fraction of sp³-hybridized carbons (Fsp3) is 0.600. The van der Waals surface area contributed by atoms with Gasteiger partial charge < -0.3 is 4.74 Å². The van der Waals surface area contributed by atoms with Crippen molar-refractivity contribution in [1.82, 2.24) is 0 Å². The van der Waals surface area contributed by atoms with E-state index in [9.17, 15) is 9.59 Å². The Hall–Kier alpha value is -1.64. The standard InChI is InChI=1S/C20H26O3/c1-3-12-20(13-4-2)18(21)17(19(22)23-20)16(15-10-11-15)14-8-6-5-7-9-14/h5-9,15-17H,3-4,10-13H2,1-2H3. The molecule has 2 unspecified atom stereocenters. The number of carbonyl (C=O) groups excluding carboxylic acids is 2. The van der Waals surface area contributed by atoms with Gasteiger partial charge in [-0.2, -0.15) is 0 Å². The third kappa shape index (κ3) is 2.93. The first-order valence-corrected chi connectivity index (χ1v) is 8.95. The van der Waals surface area contributed by atoms with E-state index >= 15 is 0 Å². The largest absolute Gasteiger partial charge is 0.450 e. The molecule has 2 fully saturated rings. The molecule has 0 aromatic heterocycles. The molecular formula is C20H26O3. The number of ketones is 1. The summed E-state index contributed by atoms with van der Waals surface area (Å²) in [6.07, 6.45) is 5.20. The number of benzene rings is 1. The van der Waals surface area contributed by atoms with E-state index in [0.717, 1.165) is 31.2 Å². The molecule has 2 aliphatic rings. The summed E-state index contributed by atoms with van der Waals surface area (Å²) < 4.78 is 5.75. The highest BCUT2D eigenvalue weighted by atomic mass is 16.6. The Bertz CT molecular complexity index is 568. The van der Waals surface area contributed by atoms with E-state index in [2.05, 4.69) is 0 Å². The van der Waals surface area contributed by atoms with E-state index in [4.69, 9.17) is 4.74 Å². The molecule has 1 aromatic carbocycles. The van der Waals surface area contributed by atoms with Crippen molar-refractivity contribution in [3.8, 4) is 0 Å². The van der Waals surface area contributed by atoms with Gasteiger partial charge in [0.25, 0.3) is 0 Å². The smallest absolute Gasteiger partial charge is 0.318 e. The fourth-order valence-corrected chi connectivity index (χ4v) is 4.15. The van der Waals surface area contributed by atoms with Crippen molar-refractivity contribution in [3.05, 3.63) is 35.9 Å². The minimum absolute atomic E-state index is 0.00760. The number of ether oxygens (including phenoxy) is 1. The lowest BCUT2D eigenvalue weighted by molar-refractivity contribution is -0.154. The molecule has 1 aromatic rings. The Morgan fingerprint density at radius 1 is 1.09 bits per heavy atom. The van der Waals surface area contributed by atoms with E-state index in [1.807, 2.05) is 44.2 Å². The van der Waals surface area contributed by atoms with Gasteiger partial charge in [-0.25, -0.2) is 0 Å². The van der Waals surface area contributed by atoms with Crippen LogP contribution >= 0.6 is 0 Å². The Balaban J connectivity index is 1.94. The Morgan fingerprint density at radius 3 is 2.22 bits per heavy atom. The van der Waals surface area contributed by atoms with Crippen molar-refractivity contribution >= 4 is 11.8 Å². The summed E-state index contributed by atoms with van der Waals surface area (Å²) in [5.74, 6) is -0.433. The number of Topliss-reactive ketones (excluding diaryl/α,β-unsaturated/α-hetero) is 1. The zero-order valence-electron chi connectivity index (χ0n) is 14.1. The normalized spacial score (nSPS) is 24.5. The summed E-state index contributed by atoms with van der Waals surface area (Å²) in [6, 6.07) is 10.0. The molecule has 1 aliphatic heterocycles. The van der Waals surface area contributed by atoms with Gasteiger partial charge in [0.15, 0.2) is 11.4 Å². The Kier molecular flexibility index (Phi) is 4.56. The topological polar surface area (TPSA) is 43.4 Å². The van der Waals surface area contributed by atoms with E-state index < -0.39 is 11.5 Å². The highest BCUT2D eigenvalue weighted by Gasteiger charge is 2.58. The van der Waals surface area contributed by atoms with Gasteiger partial charge in [-0.3, -0.25) is 9.59 Å². The van der Waals surface area contributed by atoms with Gasteiger partial charge in [0, 0.05) is 5.92 Å². The van der Waals surface area contributed by atoms with Crippen LogP contribution in [0.2, 0.25) is 0 Å². The third-order valence-corrected chi connectivity index (χ3v) is 5.26. The van der Waals surface area contributed by atoms with Crippen LogP contribution in [0.5, 0.6) is 0 Å². The maximum atomic E-state index is 13.2. The second-order valence-corrected chi connectivity index (χ2v) is 7.03. The van der Waals surface area contributed by atoms with Crippen LogP contribution in [0.3, 0.4) is 0 Å².